The molecular formula is C8H9NO. The number of aryl methyl sites for hydroxylation is 1. The quantitative estimate of drug-likeness (QED) is 0.565. The number of aromatic hydroxyl groups is 1. The maximum Gasteiger partial charge on any atom is 0.124 e. The highest BCUT2D eigenvalue weighted by atomic mass is 16.3. The maximum absolute atomic E-state index is 9.14. The SMILES string of the molecule is Cc1ccc(C=N)c(O)c1. The predicted octanol–water partition coefficient (Wildman–Crippen LogP) is 1.70. The fraction of sp³-hybridized carbons (Fsp3) is 0.125. The third kappa shape index (κ3) is 1.16. The molecule has 0 aromatic heterocycles. The molecule has 0 saturated carbocycles. The first-order valence-electron chi connectivity index (χ1n) is 3.04. The first-order chi connectivity index (χ1) is 4.74. The summed E-state index contributed by atoms with van der Waals surface area (Å²) in [5.41, 5.74) is 1.56. The van der Waals surface area contributed by atoms with Gasteiger partial charge in [-0.2, -0.15) is 0 Å². The molecule has 10 heavy (non-hydrogen) atoms. The van der Waals surface area contributed by atoms with Crippen LogP contribution in [0.15, 0.2) is 18.2 Å². The Balaban J connectivity index is 3.19. The molecule has 1 aromatic carbocycles. The molecule has 2 N–H and O–H groups in total. The van der Waals surface area contributed by atoms with Crippen molar-refractivity contribution in [2.24, 2.45) is 0 Å². The van der Waals surface area contributed by atoms with Gasteiger partial charge in [0.25, 0.3) is 0 Å². The summed E-state index contributed by atoms with van der Waals surface area (Å²) in [5, 5.41) is 16.0. The molecule has 0 saturated heterocycles. The summed E-state index contributed by atoms with van der Waals surface area (Å²) >= 11 is 0. The van der Waals surface area contributed by atoms with Gasteiger partial charge in [-0.1, -0.05) is 6.07 Å². The molecule has 2 nitrogen and oxygen atoms in total. The molecule has 0 bridgehead atoms. The fourth-order valence-electron chi connectivity index (χ4n) is 0.776. The van der Waals surface area contributed by atoms with E-state index in [4.69, 9.17) is 10.5 Å². The number of benzene rings is 1. The van der Waals surface area contributed by atoms with E-state index in [1.165, 1.54) is 0 Å². The van der Waals surface area contributed by atoms with Crippen LogP contribution < -0.4 is 0 Å². The second-order valence-electron chi connectivity index (χ2n) is 2.21. The van der Waals surface area contributed by atoms with Crippen LogP contribution in [-0.2, 0) is 0 Å². The van der Waals surface area contributed by atoms with E-state index < -0.39 is 0 Å². The highest BCUT2D eigenvalue weighted by Crippen LogP contribution is 2.15. The summed E-state index contributed by atoms with van der Waals surface area (Å²) in [5.74, 6) is 0.176. The van der Waals surface area contributed by atoms with Gasteiger partial charge in [0.15, 0.2) is 0 Å². The topological polar surface area (TPSA) is 44.1 Å². The lowest BCUT2D eigenvalue weighted by molar-refractivity contribution is 0.474. The molecular weight excluding hydrogens is 126 g/mol. The van der Waals surface area contributed by atoms with Crippen LogP contribution in [0.25, 0.3) is 0 Å². The molecule has 0 heterocycles. The largest absolute Gasteiger partial charge is 0.507 e. The molecule has 0 aliphatic heterocycles. The van der Waals surface area contributed by atoms with Gasteiger partial charge in [0.2, 0.25) is 0 Å². The zero-order valence-corrected chi connectivity index (χ0v) is 5.76. The standard InChI is InChI=1S/C8H9NO/c1-6-2-3-7(5-9)8(10)4-6/h2-5,9-10H,1H3. The lowest BCUT2D eigenvalue weighted by Gasteiger charge is -1.97. The van der Waals surface area contributed by atoms with Gasteiger partial charge in [0, 0.05) is 11.8 Å². The van der Waals surface area contributed by atoms with E-state index >= 15 is 0 Å². The van der Waals surface area contributed by atoms with Crippen molar-refractivity contribution in [2.45, 2.75) is 6.92 Å². The van der Waals surface area contributed by atoms with Gasteiger partial charge in [-0.15, -0.1) is 0 Å². The van der Waals surface area contributed by atoms with Crippen LogP contribution in [0.5, 0.6) is 5.75 Å². The molecule has 0 amide bonds. The number of hydrogen-bond donors (Lipinski definition) is 2. The van der Waals surface area contributed by atoms with Gasteiger partial charge in [0.05, 0.1) is 0 Å². The molecule has 1 aromatic rings. The molecule has 0 aliphatic carbocycles. The van der Waals surface area contributed by atoms with Gasteiger partial charge in [-0.3, -0.25) is 0 Å². The average Bonchev–Trinajstić information content (AvgIpc) is 1.88. The molecule has 0 atom stereocenters. The minimum Gasteiger partial charge on any atom is -0.507 e. The third-order valence-corrected chi connectivity index (χ3v) is 1.34. The molecule has 0 fully saturated rings. The van der Waals surface area contributed by atoms with Gasteiger partial charge in [0.1, 0.15) is 5.75 Å². The summed E-state index contributed by atoms with van der Waals surface area (Å²) in [6.07, 6.45) is 1.13. The second-order valence-corrected chi connectivity index (χ2v) is 2.21. The Morgan fingerprint density at radius 2 is 2.20 bits per heavy atom. The molecule has 1 rings (SSSR count). The average molecular weight is 135 g/mol. The third-order valence-electron chi connectivity index (χ3n) is 1.34. The van der Waals surface area contributed by atoms with Gasteiger partial charge in [-0.25, -0.2) is 0 Å². The Kier molecular flexibility index (Phi) is 1.71. The summed E-state index contributed by atoms with van der Waals surface area (Å²) in [4.78, 5) is 0. The van der Waals surface area contributed by atoms with Gasteiger partial charge >= 0.3 is 0 Å². The fourth-order valence-corrected chi connectivity index (χ4v) is 0.776. The van der Waals surface area contributed by atoms with Crippen molar-refractivity contribution in [3.8, 4) is 5.75 Å². The molecule has 0 radical (unpaired) electrons. The highest BCUT2D eigenvalue weighted by molar-refractivity contribution is 5.80. The first kappa shape index (κ1) is 6.81. The highest BCUT2D eigenvalue weighted by Gasteiger charge is 1.95. The Morgan fingerprint density at radius 1 is 1.50 bits per heavy atom. The lowest BCUT2D eigenvalue weighted by atomic mass is 10.1. The van der Waals surface area contributed by atoms with E-state index in [2.05, 4.69) is 0 Å². The first-order valence-corrected chi connectivity index (χ1v) is 3.04. The van der Waals surface area contributed by atoms with Crippen molar-refractivity contribution in [2.75, 3.05) is 0 Å². The van der Waals surface area contributed by atoms with E-state index in [1.54, 1.807) is 12.1 Å². The smallest absolute Gasteiger partial charge is 0.124 e. The minimum absolute atomic E-state index is 0.176. The molecule has 2 heteroatoms. The van der Waals surface area contributed by atoms with Crippen LogP contribution >= 0.6 is 0 Å². The Labute approximate surface area is 59.6 Å². The zero-order valence-electron chi connectivity index (χ0n) is 5.76. The summed E-state index contributed by atoms with van der Waals surface area (Å²) in [6, 6.07) is 5.22. The lowest BCUT2D eigenvalue weighted by Crippen LogP contribution is -1.80. The van der Waals surface area contributed by atoms with Crippen molar-refractivity contribution < 1.29 is 5.11 Å². The normalized spacial score (nSPS) is 9.30. The van der Waals surface area contributed by atoms with Crippen LogP contribution in [0.2, 0.25) is 0 Å². The molecule has 0 spiro atoms. The van der Waals surface area contributed by atoms with Crippen LogP contribution in [0.1, 0.15) is 11.1 Å². The van der Waals surface area contributed by atoms with Crippen molar-refractivity contribution in [1.29, 1.82) is 5.41 Å². The Hall–Kier alpha value is -1.31. The molecule has 0 unspecified atom stereocenters. The predicted molar refractivity (Wildman–Crippen MR) is 40.7 cm³/mol. The van der Waals surface area contributed by atoms with E-state index in [0.717, 1.165) is 11.8 Å². The number of rotatable bonds is 1. The van der Waals surface area contributed by atoms with Crippen molar-refractivity contribution in [3.63, 3.8) is 0 Å². The van der Waals surface area contributed by atoms with Crippen LogP contribution in [0.3, 0.4) is 0 Å². The summed E-state index contributed by atoms with van der Waals surface area (Å²) in [6.45, 7) is 1.90. The number of phenolic OH excluding ortho intramolecular Hbond substituents is 1. The van der Waals surface area contributed by atoms with Gasteiger partial charge in [-0.05, 0) is 24.6 Å². The zero-order chi connectivity index (χ0) is 7.56. The summed E-state index contributed by atoms with van der Waals surface area (Å²) < 4.78 is 0. The van der Waals surface area contributed by atoms with Gasteiger partial charge < -0.3 is 10.5 Å². The number of phenols is 1. The van der Waals surface area contributed by atoms with Crippen LogP contribution in [0, 0.1) is 12.3 Å². The Morgan fingerprint density at radius 3 is 2.70 bits per heavy atom. The van der Waals surface area contributed by atoms with E-state index in [9.17, 15) is 0 Å². The van der Waals surface area contributed by atoms with E-state index in [-0.39, 0.29) is 5.75 Å². The minimum atomic E-state index is 0.176. The molecule has 52 valence electrons. The van der Waals surface area contributed by atoms with E-state index in [0.29, 0.717) is 5.56 Å². The monoisotopic (exact) mass is 135 g/mol. The van der Waals surface area contributed by atoms with Crippen molar-refractivity contribution in [1.82, 2.24) is 0 Å². The van der Waals surface area contributed by atoms with E-state index in [1.807, 2.05) is 13.0 Å². The van der Waals surface area contributed by atoms with Crippen molar-refractivity contribution >= 4 is 6.21 Å². The van der Waals surface area contributed by atoms with Crippen molar-refractivity contribution in [3.05, 3.63) is 29.3 Å². The van der Waals surface area contributed by atoms with Crippen LogP contribution in [0.4, 0.5) is 0 Å². The number of nitrogens with one attached hydrogen (secondary N) is 1. The second kappa shape index (κ2) is 2.52. The maximum atomic E-state index is 9.14. The Bertz CT molecular complexity index is 255. The number of hydrogen-bond acceptors (Lipinski definition) is 2. The molecule has 0 aliphatic rings. The summed E-state index contributed by atoms with van der Waals surface area (Å²) in [7, 11) is 0. The van der Waals surface area contributed by atoms with Crippen LogP contribution in [-0.4, -0.2) is 11.3 Å².